The van der Waals surface area contributed by atoms with Crippen LogP contribution in [0, 0.1) is 17.8 Å². The number of benzene rings is 3. The molecule has 3 aliphatic carbocycles. The van der Waals surface area contributed by atoms with Crippen LogP contribution in [0.1, 0.15) is 136 Å². The number of nitrogen functional groups attached to an aromatic ring is 1. The minimum Gasteiger partial charge on any atom is -0.405 e. The van der Waals surface area contributed by atoms with E-state index in [0.29, 0.717) is 0 Å². The van der Waals surface area contributed by atoms with Crippen molar-refractivity contribution >= 4 is 104 Å². The molecule has 3 saturated heterocycles. The number of carbonyl (C=O) groups excluding carboxylic acids is 3. The summed E-state index contributed by atoms with van der Waals surface area (Å²) in [5.74, 6) is 0.990. The predicted octanol–water partition coefficient (Wildman–Crippen LogP) is 11.8. The fourth-order valence-electron chi connectivity index (χ4n) is 6.19. The number of nitrogens with two attached hydrogens (primary N) is 1. The Hall–Kier alpha value is -2.73. The molecule has 0 atom stereocenters. The van der Waals surface area contributed by atoms with Gasteiger partial charge in [-0.1, -0.05) is 58.8 Å². The van der Waals surface area contributed by atoms with Crippen LogP contribution in [-0.2, 0) is 42.3 Å². The van der Waals surface area contributed by atoms with Crippen molar-refractivity contribution in [2.45, 2.75) is 170 Å². The third kappa shape index (κ3) is 16.7. The van der Waals surface area contributed by atoms with Crippen LogP contribution in [-0.4, -0.2) is 71.8 Å². The molecule has 12 nitrogen and oxygen atoms in total. The van der Waals surface area contributed by atoms with Crippen molar-refractivity contribution in [2.24, 2.45) is 17.8 Å². The van der Waals surface area contributed by atoms with E-state index in [9.17, 15) is 14.4 Å². The molecule has 3 aromatic rings. The van der Waals surface area contributed by atoms with E-state index in [4.69, 9.17) is 45.3 Å². The molecule has 374 valence electrons. The molecule has 3 heterocycles. The highest BCUT2D eigenvalue weighted by Gasteiger charge is 2.63. The van der Waals surface area contributed by atoms with E-state index < -0.39 is 14.0 Å². The minimum absolute atomic E-state index is 0. The highest BCUT2D eigenvalue weighted by molar-refractivity contribution is 9.10. The Morgan fingerprint density at radius 2 is 0.779 bits per heavy atom. The molecule has 68 heavy (non-hydrogen) atoms. The third-order valence-corrected chi connectivity index (χ3v) is 14.6. The summed E-state index contributed by atoms with van der Waals surface area (Å²) in [6.07, 6.45) is 6.14. The molecule has 0 radical (unpaired) electrons. The predicted molar refractivity (Wildman–Crippen MR) is 287 cm³/mol. The maximum absolute atomic E-state index is 11.7. The van der Waals surface area contributed by atoms with Crippen LogP contribution in [0.25, 0.3) is 0 Å². The molecule has 18 heteroatoms. The average Bonchev–Trinajstić information content (AvgIpc) is 4.07. The fraction of sp³-hybridized carbons (Fsp3) is 0.580. The molecule has 0 bridgehead atoms. The molecule has 6 fully saturated rings. The molecule has 4 N–H and O–H groups in total. The number of carbonyl (C=O) groups is 3. The van der Waals surface area contributed by atoms with E-state index >= 15 is 0 Å². The van der Waals surface area contributed by atoms with Crippen molar-refractivity contribution < 1.29 is 42.3 Å². The van der Waals surface area contributed by atoms with Gasteiger partial charge in [0.15, 0.2) is 0 Å². The first-order valence-electron chi connectivity index (χ1n) is 22.8. The summed E-state index contributed by atoms with van der Waals surface area (Å²) in [5, 5.41) is 5.65. The Bertz CT molecular complexity index is 2030. The van der Waals surface area contributed by atoms with Gasteiger partial charge >= 0.3 is 21.1 Å². The molecule has 3 aliphatic heterocycles. The molecule has 9 rings (SSSR count). The van der Waals surface area contributed by atoms with E-state index in [1.54, 1.807) is 0 Å². The molecule has 0 spiro atoms. The summed E-state index contributed by atoms with van der Waals surface area (Å²) in [5.41, 5.74) is 6.76. The van der Waals surface area contributed by atoms with Crippen molar-refractivity contribution in [1.29, 1.82) is 0 Å². The number of hydrogen-bond donors (Lipinski definition) is 3. The molecular formula is C50H75B3Br2ClN3O9. The zero-order valence-corrected chi connectivity index (χ0v) is 44.4. The average molecular weight is 1090 g/mol. The summed E-state index contributed by atoms with van der Waals surface area (Å²) in [4.78, 5) is 33.0. The second kappa shape index (κ2) is 23.7. The van der Waals surface area contributed by atoms with Gasteiger partial charge in [-0.05, 0) is 199 Å². The lowest BCUT2D eigenvalue weighted by atomic mass is 9.49. The SMILES string of the molecule is C.C.CC1(C)OB(B2OC(C)(C)C(C)(C)O2)OC1(C)C.CC1(C)OB(c2ccc(NC(=O)C3CC3)cc2)OC1(C)C.Nc1ccc(Br)cc1.O=C(Cl)C1CC1.O=C(Nc1ccc(Br)cc1)C1CC1. The van der Waals surface area contributed by atoms with Crippen LogP contribution in [0.5, 0.6) is 0 Å². The van der Waals surface area contributed by atoms with Gasteiger partial charge in [-0.3, -0.25) is 14.4 Å². The van der Waals surface area contributed by atoms with E-state index in [-0.39, 0.29) is 90.4 Å². The number of hydrogen-bond acceptors (Lipinski definition) is 10. The van der Waals surface area contributed by atoms with Crippen molar-refractivity contribution in [3.8, 4) is 0 Å². The lowest BCUT2D eigenvalue weighted by molar-refractivity contribution is -0.118. The minimum atomic E-state index is -0.476. The molecule has 2 amide bonds. The normalized spacial score (nSPS) is 21.5. The second-order valence-electron chi connectivity index (χ2n) is 20.6. The van der Waals surface area contributed by atoms with Crippen LogP contribution >= 0.6 is 43.5 Å². The first-order valence-corrected chi connectivity index (χ1v) is 24.7. The zero-order valence-electron chi connectivity index (χ0n) is 40.5. The highest BCUT2D eigenvalue weighted by Crippen LogP contribution is 2.43. The number of nitrogens with one attached hydrogen (secondary N) is 2. The quantitative estimate of drug-likeness (QED) is 0.118. The monoisotopic (exact) mass is 1090 g/mol. The van der Waals surface area contributed by atoms with E-state index in [2.05, 4.69) is 42.5 Å². The molecule has 0 aromatic heterocycles. The van der Waals surface area contributed by atoms with Gasteiger partial charge in [-0.15, -0.1) is 0 Å². The summed E-state index contributed by atoms with van der Waals surface area (Å²) in [6.45, 7) is 24.4. The van der Waals surface area contributed by atoms with Gasteiger partial charge in [0.05, 0.1) is 33.6 Å². The molecule has 6 aliphatic rings. The van der Waals surface area contributed by atoms with Crippen molar-refractivity contribution in [3.63, 3.8) is 0 Å². The van der Waals surface area contributed by atoms with Crippen LogP contribution < -0.4 is 21.8 Å². The Labute approximate surface area is 430 Å². The molecular weight excluding hydrogens is 1010 g/mol. The van der Waals surface area contributed by atoms with Crippen LogP contribution in [0.4, 0.5) is 17.1 Å². The smallest absolute Gasteiger partial charge is 0.405 e. The van der Waals surface area contributed by atoms with Gasteiger partial charge in [0.25, 0.3) is 0 Å². The summed E-state index contributed by atoms with van der Waals surface area (Å²) in [6, 6.07) is 22.9. The number of rotatable bonds is 7. The highest BCUT2D eigenvalue weighted by atomic mass is 79.9. The van der Waals surface area contributed by atoms with Crippen molar-refractivity contribution in [3.05, 3.63) is 81.7 Å². The first-order chi connectivity index (χ1) is 30.5. The summed E-state index contributed by atoms with van der Waals surface area (Å²) in [7, 11) is -1.31. The summed E-state index contributed by atoms with van der Waals surface area (Å²) >= 11 is 11.7. The maximum atomic E-state index is 11.7. The zero-order chi connectivity index (χ0) is 49.0. The van der Waals surface area contributed by atoms with E-state index in [1.165, 1.54) is 0 Å². The van der Waals surface area contributed by atoms with Crippen LogP contribution in [0.3, 0.4) is 0 Å². The standard InChI is InChI=1S/C16H22BNO3.C12H24B2O4.C10H10BrNO.C6H6BrN.C4H5ClO.2CH4/c1-15(2)16(3,4)21-17(20-15)12-7-9-13(10-8-12)18-14(19)11-5-6-11;1-9(2)10(3,4)16-13(15-9)14-17-11(5,6)12(7,8)18-14;11-8-3-5-9(6-4-8)12-10(13)7-1-2-7;7-5-1-3-6(8)4-2-5;5-4(6)3-1-2-3;;/h7-11H,5-6H2,1-4H3,(H,18,19);1-8H3;3-7H,1-2H2,(H,12,13);1-4H,8H2;3H,1-2H2;2*1H4. The van der Waals surface area contributed by atoms with E-state index in [1.807, 2.05) is 156 Å². The second-order valence-corrected chi connectivity index (χ2v) is 22.8. The third-order valence-electron chi connectivity index (χ3n) is 13.2. The van der Waals surface area contributed by atoms with Gasteiger partial charge in [0.2, 0.25) is 17.1 Å². The topological polar surface area (TPSA) is 157 Å². The Morgan fingerprint density at radius 1 is 0.500 bits per heavy atom. The van der Waals surface area contributed by atoms with Gasteiger partial charge < -0.3 is 44.3 Å². The lowest BCUT2D eigenvalue weighted by Gasteiger charge is -2.32. The number of halogens is 3. The lowest BCUT2D eigenvalue weighted by Crippen LogP contribution is -2.41. The van der Waals surface area contributed by atoms with E-state index in [0.717, 1.165) is 70.0 Å². The van der Waals surface area contributed by atoms with Gasteiger partial charge in [-0.25, -0.2) is 0 Å². The van der Waals surface area contributed by atoms with Crippen LogP contribution in [0.2, 0.25) is 0 Å². The molecule has 3 saturated carbocycles. The Morgan fingerprint density at radius 3 is 1.04 bits per heavy atom. The Kier molecular flexibility index (Phi) is 20.7. The van der Waals surface area contributed by atoms with Gasteiger partial charge in [0.1, 0.15) is 0 Å². The molecule has 3 aromatic carbocycles. The number of amides is 2. The van der Waals surface area contributed by atoms with Gasteiger partial charge in [0, 0.05) is 43.8 Å². The first kappa shape index (κ1) is 59.6. The fourth-order valence-corrected chi connectivity index (χ4v) is 6.94. The molecule has 0 unspecified atom stereocenters. The van der Waals surface area contributed by atoms with Crippen molar-refractivity contribution in [2.75, 3.05) is 16.4 Å². The Balaban J connectivity index is 0.000000237. The van der Waals surface area contributed by atoms with Gasteiger partial charge in [-0.2, -0.15) is 0 Å². The maximum Gasteiger partial charge on any atom is 0.494 e. The largest absolute Gasteiger partial charge is 0.494 e. The van der Waals surface area contributed by atoms with Crippen LogP contribution in [0.15, 0.2) is 81.7 Å². The summed E-state index contributed by atoms with van der Waals surface area (Å²) < 4.78 is 38.0. The van der Waals surface area contributed by atoms with Crippen molar-refractivity contribution in [1.82, 2.24) is 0 Å². The number of anilines is 3.